The Kier molecular flexibility index (Phi) is 2.39. The van der Waals surface area contributed by atoms with Crippen molar-refractivity contribution < 1.29 is 4.42 Å². The number of nitrogens with one attached hydrogen (secondary N) is 1. The van der Waals surface area contributed by atoms with Crippen molar-refractivity contribution in [1.82, 2.24) is 10.2 Å². The summed E-state index contributed by atoms with van der Waals surface area (Å²) in [7, 11) is 0. The summed E-state index contributed by atoms with van der Waals surface area (Å²) < 4.78 is 6.64. The Hall–Kier alpha value is -0.400. The number of hydrogen-bond donors (Lipinski definition) is 1. The van der Waals surface area contributed by atoms with Crippen molar-refractivity contribution in [3.8, 4) is 10.8 Å². The highest BCUT2D eigenvalue weighted by Crippen LogP contribution is 2.36. The largest absolute Gasteiger partial charge is 0.434 e. The second-order valence-electron chi connectivity index (χ2n) is 2.15. The van der Waals surface area contributed by atoms with Gasteiger partial charge >= 0.3 is 5.76 Å². The van der Waals surface area contributed by atoms with Gasteiger partial charge in [0, 0.05) is 4.47 Å². The Morgan fingerprint density at radius 1 is 1.54 bits per heavy atom. The van der Waals surface area contributed by atoms with Crippen LogP contribution in [-0.2, 0) is 0 Å². The predicted molar refractivity (Wildman–Crippen MR) is 55.8 cm³/mol. The minimum atomic E-state index is -0.546. The molecule has 0 aliphatic heterocycles. The van der Waals surface area contributed by atoms with Gasteiger partial charge in [-0.1, -0.05) is 0 Å². The third-order valence-electron chi connectivity index (χ3n) is 1.29. The van der Waals surface area contributed by atoms with Crippen LogP contribution in [0.3, 0.4) is 0 Å². The summed E-state index contributed by atoms with van der Waals surface area (Å²) in [5.74, 6) is -0.239. The van der Waals surface area contributed by atoms with E-state index in [-0.39, 0.29) is 0 Å². The van der Waals surface area contributed by atoms with Gasteiger partial charge in [0.2, 0.25) is 0 Å². The molecule has 0 aliphatic carbocycles. The van der Waals surface area contributed by atoms with E-state index in [1.165, 1.54) is 11.3 Å². The Balaban J connectivity index is 2.52. The van der Waals surface area contributed by atoms with E-state index in [2.05, 4.69) is 42.1 Å². The van der Waals surface area contributed by atoms with Gasteiger partial charge in [-0.15, -0.1) is 16.4 Å². The molecule has 0 saturated carbocycles. The molecule has 2 rings (SSSR count). The normalized spacial score (nSPS) is 10.6. The fraction of sp³-hybridized carbons (Fsp3) is 0. The lowest BCUT2D eigenvalue weighted by Gasteiger charge is -1.81. The van der Waals surface area contributed by atoms with Gasteiger partial charge in [0.1, 0.15) is 0 Å². The molecule has 0 fully saturated rings. The molecule has 0 aliphatic rings. The summed E-state index contributed by atoms with van der Waals surface area (Å²) in [4.78, 5) is 11.4. The first-order chi connectivity index (χ1) is 6.16. The van der Waals surface area contributed by atoms with E-state index >= 15 is 0 Å². The maximum Gasteiger partial charge on any atom is 0.434 e. The van der Waals surface area contributed by atoms with Gasteiger partial charge in [-0.25, -0.2) is 9.89 Å². The molecule has 4 nitrogen and oxygen atoms in total. The summed E-state index contributed by atoms with van der Waals surface area (Å²) in [6.07, 6.45) is 0. The highest BCUT2D eigenvalue weighted by atomic mass is 79.9. The van der Waals surface area contributed by atoms with Gasteiger partial charge in [0.05, 0.1) is 8.66 Å². The molecule has 0 aromatic carbocycles. The number of hydrogen-bond acceptors (Lipinski definition) is 4. The third kappa shape index (κ3) is 1.77. The van der Waals surface area contributed by atoms with Crippen molar-refractivity contribution in [3.63, 3.8) is 0 Å². The highest BCUT2D eigenvalue weighted by molar-refractivity contribution is 9.13. The zero-order valence-corrected chi connectivity index (χ0v) is 9.99. The van der Waals surface area contributed by atoms with E-state index < -0.39 is 5.76 Å². The molecular formula is C6H2Br2N2O2S. The molecule has 2 aromatic heterocycles. The van der Waals surface area contributed by atoms with E-state index in [0.29, 0.717) is 5.89 Å². The molecule has 0 radical (unpaired) electrons. The molecule has 0 atom stereocenters. The number of aromatic nitrogens is 2. The summed E-state index contributed by atoms with van der Waals surface area (Å²) in [5, 5.41) is 5.90. The van der Waals surface area contributed by atoms with Crippen molar-refractivity contribution >= 4 is 43.2 Å². The molecule has 0 saturated heterocycles. The van der Waals surface area contributed by atoms with Crippen LogP contribution in [0.4, 0.5) is 0 Å². The van der Waals surface area contributed by atoms with Crippen LogP contribution < -0.4 is 5.76 Å². The smallest absolute Gasteiger partial charge is 0.387 e. The molecule has 1 N–H and O–H groups in total. The first-order valence-corrected chi connectivity index (χ1v) is 5.58. The maximum absolute atomic E-state index is 10.7. The van der Waals surface area contributed by atoms with E-state index in [1.807, 2.05) is 6.07 Å². The van der Waals surface area contributed by atoms with E-state index in [1.54, 1.807) is 0 Å². The number of H-pyrrole nitrogens is 1. The van der Waals surface area contributed by atoms with Crippen LogP contribution in [0, 0.1) is 0 Å². The summed E-state index contributed by atoms with van der Waals surface area (Å²) in [6.45, 7) is 0. The molecule has 0 amide bonds. The van der Waals surface area contributed by atoms with Crippen LogP contribution in [-0.4, -0.2) is 10.2 Å². The molecule has 7 heteroatoms. The van der Waals surface area contributed by atoms with Crippen LogP contribution in [0.1, 0.15) is 0 Å². The monoisotopic (exact) mass is 324 g/mol. The van der Waals surface area contributed by atoms with Crippen molar-refractivity contribution in [2.24, 2.45) is 0 Å². The van der Waals surface area contributed by atoms with Crippen LogP contribution in [0.15, 0.2) is 23.5 Å². The Bertz CT molecular complexity index is 467. The fourth-order valence-electron chi connectivity index (χ4n) is 0.787. The molecule has 68 valence electrons. The number of aromatic amines is 1. The molecule has 0 spiro atoms. The van der Waals surface area contributed by atoms with Crippen molar-refractivity contribution in [3.05, 3.63) is 24.9 Å². The molecular weight excluding hydrogens is 324 g/mol. The summed E-state index contributed by atoms with van der Waals surface area (Å²) in [5.41, 5.74) is 0. The van der Waals surface area contributed by atoms with E-state index in [0.717, 1.165) is 13.1 Å². The molecule has 2 heterocycles. The maximum atomic E-state index is 10.7. The Morgan fingerprint density at radius 3 is 2.77 bits per heavy atom. The first-order valence-electron chi connectivity index (χ1n) is 3.17. The lowest BCUT2D eigenvalue weighted by atomic mass is 10.5. The lowest BCUT2D eigenvalue weighted by molar-refractivity contribution is 0.528. The van der Waals surface area contributed by atoms with E-state index in [4.69, 9.17) is 4.42 Å². The standard InChI is InChI=1S/C6H2Br2N2O2S/c7-2-1-3(13-4(2)8)5-9-10-6(11)12-5/h1H,(H,10,11). The quantitative estimate of drug-likeness (QED) is 0.876. The number of halogens is 2. The van der Waals surface area contributed by atoms with Gasteiger partial charge in [0.15, 0.2) is 0 Å². The number of rotatable bonds is 1. The molecule has 0 bridgehead atoms. The van der Waals surface area contributed by atoms with Crippen molar-refractivity contribution in [2.45, 2.75) is 0 Å². The highest BCUT2D eigenvalue weighted by Gasteiger charge is 2.10. The summed E-state index contributed by atoms with van der Waals surface area (Å²) in [6, 6.07) is 1.83. The van der Waals surface area contributed by atoms with Gasteiger partial charge < -0.3 is 4.42 Å². The third-order valence-corrected chi connectivity index (χ3v) is 4.54. The van der Waals surface area contributed by atoms with Gasteiger partial charge in [-0.05, 0) is 37.9 Å². The van der Waals surface area contributed by atoms with Crippen LogP contribution in [0.5, 0.6) is 0 Å². The summed E-state index contributed by atoms with van der Waals surface area (Å²) >= 11 is 8.10. The van der Waals surface area contributed by atoms with Crippen molar-refractivity contribution in [2.75, 3.05) is 0 Å². The minimum absolute atomic E-state index is 0.307. The average Bonchev–Trinajstić information content (AvgIpc) is 2.61. The Morgan fingerprint density at radius 2 is 2.31 bits per heavy atom. The fourth-order valence-corrected chi connectivity index (χ4v) is 2.75. The SMILES string of the molecule is O=c1[nH]nc(-c2cc(Br)c(Br)s2)o1. The number of thiophene rings is 1. The molecule has 0 unspecified atom stereocenters. The van der Waals surface area contributed by atoms with Crippen LogP contribution in [0.25, 0.3) is 10.8 Å². The zero-order valence-electron chi connectivity index (χ0n) is 6.01. The first kappa shape index (κ1) is 9.17. The van der Waals surface area contributed by atoms with Gasteiger partial charge in [-0.3, -0.25) is 0 Å². The van der Waals surface area contributed by atoms with E-state index in [9.17, 15) is 4.79 Å². The Labute approximate surface area is 93.2 Å². The topological polar surface area (TPSA) is 58.9 Å². The van der Waals surface area contributed by atoms with Gasteiger partial charge in [-0.2, -0.15) is 0 Å². The lowest BCUT2D eigenvalue weighted by Crippen LogP contribution is -1.93. The average molecular weight is 326 g/mol. The van der Waals surface area contributed by atoms with Crippen molar-refractivity contribution in [1.29, 1.82) is 0 Å². The van der Waals surface area contributed by atoms with Crippen LogP contribution in [0.2, 0.25) is 0 Å². The second-order valence-corrected chi connectivity index (χ2v) is 5.38. The zero-order chi connectivity index (χ0) is 9.42. The second kappa shape index (κ2) is 3.39. The molecule has 2 aromatic rings. The van der Waals surface area contributed by atoms with Gasteiger partial charge in [0.25, 0.3) is 5.89 Å². The van der Waals surface area contributed by atoms with Crippen LogP contribution >= 0.6 is 43.2 Å². The molecule has 13 heavy (non-hydrogen) atoms. The minimum Gasteiger partial charge on any atom is -0.387 e. The predicted octanol–water partition coefficient (Wildman–Crippen LogP) is 2.62. The number of nitrogens with zero attached hydrogens (tertiary/aromatic N) is 1.